The molecule has 0 spiro atoms. The Morgan fingerprint density at radius 3 is 2.47 bits per heavy atom. The number of aliphatic hydroxyl groups is 1. The number of piperazine rings is 1. The Morgan fingerprint density at radius 1 is 1.00 bits per heavy atom. The number of anilines is 1. The van der Waals surface area contributed by atoms with Gasteiger partial charge in [-0.1, -0.05) is 30.3 Å². The molecule has 1 aliphatic rings. The van der Waals surface area contributed by atoms with Crippen LogP contribution in [0.5, 0.6) is 11.5 Å². The topological polar surface area (TPSA) is 58.1 Å². The van der Waals surface area contributed by atoms with Crippen LogP contribution in [0, 0.1) is 6.92 Å². The van der Waals surface area contributed by atoms with E-state index in [9.17, 15) is 5.11 Å². The van der Waals surface area contributed by atoms with E-state index in [0.29, 0.717) is 18.0 Å². The SMILES string of the molecule is COc1ccccc1OCC(O)CN1CCN(c2cc(C)c3ccccc3n2)CC1. The van der Waals surface area contributed by atoms with E-state index in [2.05, 4.69) is 41.0 Å². The summed E-state index contributed by atoms with van der Waals surface area (Å²) in [7, 11) is 1.62. The van der Waals surface area contributed by atoms with Gasteiger partial charge in [-0.25, -0.2) is 4.98 Å². The van der Waals surface area contributed by atoms with Crippen LogP contribution in [0.1, 0.15) is 5.56 Å². The number of hydrogen-bond donors (Lipinski definition) is 1. The maximum Gasteiger partial charge on any atom is 0.161 e. The highest BCUT2D eigenvalue weighted by atomic mass is 16.5. The molecule has 6 nitrogen and oxygen atoms in total. The molecule has 1 atom stereocenters. The van der Waals surface area contributed by atoms with Crippen LogP contribution < -0.4 is 14.4 Å². The van der Waals surface area contributed by atoms with Crippen molar-refractivity contribution in [3.63, 3.8) is 0 Å². The van der Waals surface area contributed by atoms with Gasteiger partial charge in [0.25, 0.3) is 0 Å². The standard InChI is InChI=1S/C24H29N3O3/c1-18-15-24(25-21-8-4-3-7-20(18)21)27-13-11-26(12-14-27)16-19(28)17-30-23-10-6-5-9-22(23)29-2/h3-10,15,19,28H,11-14,16-17H2,1-2H3. The lowest BCUT2D eigenvalue weighted by Gasteiger charge is -2.36. The number of fused-ring (bicyclic) bond motifs is 1. The van der Waals surface area contributed by atoms with E-state index in [-0.39, 0.29) is 6.61 Å². The van der Waals surface area contributed by atoms with E-state index in [1.165, 1.54) is 10.9 Å². The highest BCUT2D eigenvalue weighted by molar-refractivity contribution is 5.83. The summed E-state index contributed by atoms with van der Waals surface area (Å²) in [6, 6.07) is 17.9. The summed E-state index contributed by atoms with van der Waals surface area (Å²) < 4.78 is 11.0. The fraction of sp³-hybridized carbons (Fsp3) is 0.375. The first-order chi connectivity index (χ1) is 14.6. The van der Waals surface area contributed by atoms with E-state index in [1.807, 2.05) is 30.3 Å². The smallest absolute Gasteiger partial charge is 0.161 e. The van der Waals surface area contributed by atoms with Gasteiger partial charge in [-0.2, -0.15) is 0 Å². The van der Waals surface area contributed by atoms with Gasteiger partial charge in [-0.3, -0.25) is 4.90 Å². The van der Waals surface area contributed by atoms with Gasteiger partial charge in [-0.15, -0.1) is 0 Å². The minimum Gasteiger partial charge on any atom is -0.493 e. The Morgan fingerprint density at radius 2 is 1.70 bits per heavy atom. The molecule has 0 bridgehead atoms. The summed E-state index contributed by atoms with van der Waals surface area (Å²) in [6.45, 7) is 6.54. The maximum absolute atomic E-state index is 10.4. The van der Waals surface area contributed by atoms with E-state index in [4.69, 9.17) is 14.5 Å². The minimum atomic E-state index is -0.553. The van der Waals surface area contributed by atoms with E-state index in [1.54, 1.807) is 7.11 Å². The van der Waals surface area contributed by atoms with Gasteiger partial charge in [0.2, 0.25) is 0 Å². The average molecular weight is 408 g/mol. The third-order valence-corrected chi connectivity index (χ3v) is 5.58. The molecule has 1 fully saturated rings. The molecule has 0 saturated carbocycles. The number of hydrogen-bond acceptors (Lipinski definition) is 6. The number of methoxy groups -OCH3 is 1. The van der Waals surface area contributed by atoms with Crippen LogP contribution in [0.4, 0.5) is 5.82 Å². The van der Waals surface area contributed by atoms with Crippen LogP contribution in [0.15, 0.2) is 54.6 Å². The Hall–Kier alpha value is -2.83. The largest absolute Gasteiger partial charge is 0.493 e. The highest BCUT2D eigenvalue weighted by Crippen LogP contribution is 2.26. The monoisotopic (exact) mass is 407 g/mol. The van der Waals surface area contributed by atoms with Crippen molar-refractivity contribution in [1.82, 2.24) is 9.88 Å². The molecule has 0 aliphatic carbocycles. The average Bonchev–Trinajstić information content (AvgIpc) is 2.78. The number of aliphatic hydroxyl groups excluding tert-OH is 1. The second kappa shape index (κ2) is 9.32. The first kappa shape index (κ1) is 20.4. The Balaban J connectivity index is 1.29. The quantitative estimate of drug-likeness (QED) is 0.650. The summed E-state index contributed by atoms with van der Waals surface area (Å²) in [5.74, 6) is 2.36. The molecule has 1 saturated heterocycles. The maximum atomic E-state index is 10.4. The van der Waals surface area contributed by atoms with Crippen molar-refractivity contribution in [3.8, 4) is 11.5 Å². The van der Waals surface area contributed by atoms with Crippen LogP contribution in [0.25, 0.3) is 10.9 Å². The number of nitrogens with zero attached hydrogens (tertiary/aromatic N) is 3. The molecule has 0 amide bonds. The van der Waals surface area contributed by atoms with Crippen molar-refractivity contribution in [2.45, 2.75) is 13.0 Å². The van der Waals surface area contributed by atoms with Crippen molar-refractivity contribution >= 4 is 16.7 Å². The molecule has 2 heterocycles. The van der Waals surface area contributed by atoms with E-state index in [0.717, 1.165) is 37.5 Å². The first-order valence-electron chi connectivity index (χ1n) is 10.4. The molecular formula is C24H29N3O3. The second-order valence-electron chi connectivity index (χ2n) is 7.72. The van der Waals surface area contributed by atoms with Gasteiger partial charge >= 0.3 is 0 Å². The Kier molecular flexibility index (Phi) is 6.35. The third kappa shape index (κ3) is 4.66. The molecule has 0 radical (unpaired) electrons. The van der Waals surface area contributed by atoms with E-state index >= 15 is 0 Å². The molecule has 1 unspecified atom stereocenters. The molecule has 30 heavy (non-hydrogen) atoms. The number of benzene rings is 2. The predicted octanol–water partition coefficient (Wildman–Crippen LogP) is 3.11. The van der Waals surface area contributed by atoms with E-state index < -0.39 is 6.10 Å². The van der Waals surface area contributed by atoms with Crippen LogP contribution in [0.3, 0.4) is 0 Å². The van der Waals surface area contributed by atoms with Crippen molar-refractivity contribution in [2.24, 2.45) is 0 Å². The molecule has 3 aromatic rings. The lowest BCUT2D eigenvalue weighted by Crippen LogP contribution is -2.49. The van der Waals surface area contributed by atoms with Crippen LogP contribution >= 0.6 is 0 Å². The number of pyridine rings is 1. The summed E-state index contributed by atoms with van der Waals surface area (Å²) in [5.41, 5.74) is 2.29. The predicted molar refractivity (Wildman–Crippen MR) is 120 cm³/mol. The second-order valence-corrected chi connectivity index (χ2v) is 7.72. The summed E-state index contributed by atoms with van der Waals surface area (Å²) in [6.07, 6.45) is -0.553. The van der Waals surface area contributed by atoms with Gasteiger partial charge in [0.15, 0.2) is 11.5 Å². The van der Waals surface area contributed by atoms with Gasteiger partial charge < -0.3 is 19.5 Å². The molecule has 6 heteroatoms. The molecule has 1 aliphatic heterocycles. The highest BCUT2D eigenvalue weighted by Gasteiger charge is 2.21. The molecule has 158 valence electrons. The molecular weight excluding hydrogens is 378 g/mol. The third-order valence-electron chi connectivity index (χ3n) is 5.58. The van der Waals surface area contributed by atoms with Crippen LogP contribution in [-0.4, -0.2) is 67.5 Å². The number of rotatable bonds is 7. The number of para-hydroxylation sites is 3. The number of β-amino-alcohol motifs (C(OH)–C–C–N with tert-alkyl or cyclic N) is 1. The number of ether oxygens (including phenoxy) is 2. The fourth-order valence-corrected chi connectivity index (χ4v) is 3.93. The van der Waals surface area contributed by atoms with Gasteiger partial charge in [-0.05, 0) is 36.8 Å². The van der Waals surface area contributed by atoms with Gasteiger partial charge in [0.1, 0.15) is 18.5 Å². The lowest BCUT2D eigenvalue weighted by atomic mass is 10.1. The zero-order valence-electron chi connectivity index (χ0n) is 17.6. The number of aromatic nitrogens is 1. The first-order valence-corrected chi connectivity index (χ1v) is 10.4. The molecule has 1 N–H and O–H groups in total. The lowest BCUT2D eigenvalue weighted by molar-refractivity contribution is 0.0653. The minimum absolute atomic E-state index is 0.242. The summed E-state index contributed by atoms with van der Waals surface area (Å²) in [4.78, 5) is 9.46. The van der Waals surface area contributed by atoms with Gasteiger partial charge in [0, 0.05) is 38.1 Å². The zero-order valence-corrected chi connectivity index (χ0v) is 17.6. The van der Waals surface area contributed by atoms with Crippen molar-refractivity contribution in [3.05, 3.63) is 60.2 Å². The summed E-state index contributed by atoms with van der Waals surface area (Å²) in [5, 5.41) is 11.6. The fourth-order valence-electron chi connectivity index (χ4n) is 3.93. The Labute approximate surface area is 177 Å². The van der Waals surface area contributed by atoms with Gasteiger partial charge in [0.05, 0.1) is 12.6 Å². The van der Waals surface area contributed by atoms with Crippen LogP contribution in [-0.2, 0) is 0 Å². The summed E-state index contributed by atoms with van der Waals surface area (Å²) >= 11 is 0. The normalized spacial score (nSPS) is 15.9. The Bertz CT molecular complexity index is 986. The van der Waals surface area contributed by atoms with Crippen molar-refractivity contribution < 1.29 is 14.6 Å². The van der Waals surface area contributed by atoms with Crippen LogP contribution in [0.2, 0.25) is 0 Å². The molecule has 2 aromatic carbocycles. The van der Waals surface area contributed by atoms with Crippen molar-refractivity contribution in [1.29, 1.82) is 0 Å². The zero-order chi connectivity index (χ0) is 20.9. The molecule has 1 aromatic heterocycles. The number of aryl methyl sites for hydroxylation is 1. The molecule has 4 rings (SSSR count). The van der Waals surface area contributed by atoms with Crippen molar-refractivity contribution in [2.75, 3.05) is 51.3 Å².